The molecule has 3 rings (SSSR count). The molecule has 1 aliphatic rings. The third-order valence-electron chi connectivity index (χ3n) is 8.02. The average molecular weight is 469 g/mol. The van der Waals surface area contributed by atoms with Crippen LogP contribution in [0.1, 0.15) is 54.9 Å². The Kier molecular flexibility index (Phi) is 7.31. The van der Waals surface area contributed by atoms with Gasteiger partial charge in [0.1, 0.15) is 8.07 Å². The van der Waals surface area contributed by atoms with E-state index in [0.717, 1.165) is 12.5 Å². The van der Waals surface area contributed by atoms with Gasteiger partial charge >= 0.3 is 0 Å². The molecule has 2 aromatic rings. The minimum Gasteiger partial charge on any atom is -0.412 e. The molecule has 176 valence electrons. The third-order valence-corrected chi connectivity index (χ3v) is 18.9. The second kappa shape index (κ2) is 9.21. The van der Waals surface area contributed by atoms with Gasteiger partial charge in [-0.25, -0.2) is 0 Å². The van der Waals surface area contributed by atoms with Crippen LogP contribution in [-0.4, -0.2) is 34.7 Å². The van der Waals surface area contributed by atoms with Crippen molar-refractivity contribution in [2.75, 3.05) is 0 Å². The minimum absolute atomic E-state index is 0.159. The maximum atomic E-state index is 6.65. The molecule has 1 saturated heterocycles. The second-order valence-electron chi connectivity index (χ2n) is 12.2. The van der Waals surface area contributed by atoms with Crippen LogP contribution < -0.4 is 10.4 Å². The first kappa shape index (κ1) is 25.4. The predicted octanol–water partition coefficient (Wildman–Crippen LogP) is 6.62. The van der Waals surface area contributed by atoms with Gasteiger partial charge in [-0.15, -0.1) is 0 Å². The number of hydrogen-bond donors (Lipinski definition) is 0. The first-order valence-electron chi connectivity index (χ1n) is 12.2. The number of rotatable bonds is 7. The van der Waals surface area contributed by atoms with Crippen LogP contribution in [0.15, 0.2) is 60.7 Å². The lowest BCUT2D eigenvalue weighted by Crippen LogP contribution is -2.67. The van der Waals surface area contributed by atoms with E-state index in [1.54, 1.807) is 0 Å². The summed E-state index contributed by atoms with van der Waals surface area (Å²) in [5.41, 5.74) is 0. The van der Waals surface area contributed by atoms with E-state index in [2.05, 4.69) is 122 Å². The monoisotopic (exact) mass is 468 g/mol. The van der Waals surface area contributed by atoms with Crippen LogP contribution >= 0.6 is 0 Å². The molecule has 0 amide bonds. The van der Waals surface area contributed by atoms with Crippen molar-refractivity contribution in [2.45, 2.75) is 102 Å². The summed E-state index contributed by atoms with van der Waals surface area (Å²) in [7, 11) is -3.87. The molecule has 0 N–H and O–H groups in total. The Labute approximate surface area is 198 Å². The fourth-order valence-corrected chi connectivity index (χ4v) is 12.1. The molecular weight excluding hydrogens is 424 g/mol. The summed E-state index contributed by atoms with van der Waals surface area (Å²) in [6.45, 7) is 21.1. The van der Waals surface area contributed by atoms with Gasteiger partial charge in [0.25, 0.3) is 0 Å². The lowest BCUT2D eigenvalue weighted by atomic mass is 10.0. The zero-order chi connectivity index (χ0) is 23.8. The summed E-state index contributed by atoms with van der Waals surface area (Å²) in [4.78, 5) is 0. The van der Waals surface area contributed by atoms with Gasteiger partial charge < -0.3 is 9.16 Å². The fraction of sp³-hybridized carbons (Fsp3) is 0.571. The van der Waals surface area contributed by atoms with Gasteiger partial charge in [-0.05, 0) is 36.1 Å². The Morgan fingerprint density at radius 3 is 1.66 bits per heavy atom. The molecule has 0 aromatic heterocycles. The molecule has 1 heterocycles. The standard InChI is InChI=1S/C28H44O2Si2/c1-22(30-31(8,9)27(2,3)4)26-20-23(29-26)21-32(28(5,6)7,24-16-12-10-13-17-24)25-18-14-11-15-19-25/h10-19,22-23,26H,20-21H2,1-9H3/t22?,23-,26-/m1/s1. The molecule has 0 bridgehead atoms. The Morgan fingerprint density at radius 2 is 1.28 bits per heavy atom. The van der Waals surface area contributed by atoms with E-state index in [1.807, 2.05) is 0 Å². The molecule has 2 aromatic carbocycles. The summed E-state index contributed by atoms with van der Waals surface area (Å²) in [6, 6.07) is 23.6. The highest BCUT2D eigenvalue weighted by atomic mass is 28.4. The quantitative estimate of drug-likeness (QED) is 0.425. The topological polar surface area (TPSA) is 18.5 Å². The van der Waals surface area contributed by atoms with E-state index in [1.165, 1.54) is 10.4 Å². The van der Waals surface area contributed by atoms with Gasteiger partial charge in [0.2, 0.25) is 0 Å². The predicted molar refractivity (Wildman–Crippen MR) is 143 cm³/mol. The zero-order valence-corrected chi connectivity index (χ0v) is 23.7. The lowest BCUT2D eigenvalue weighted by molar-refractivity contribution is -0.155. The Bertz CT molecular complexity index is 820. The van der Waals surface area contributed by atoms with Crippen molar-refractivity contribution in [1.29, 1.82) is 0 Å². The molecule has 1 unspecified atom stereocenters. The summed E-state index contributed by atoms with van der Waals surface area (Å²) < 4.78 is 13.2. The second-order valence-corrected chi connectivity index (χ2v) is 21.8. The number of benzene rings is 2. The van der Waals surface area contributed by atoms with Crippen LogP contribution in [0.3, 0.4) is 0 Å². The molecule has 1 fully saturated rings. The van der Waals surface area contributed by atoms with Crippen molar-refractivity contribution >= 4 is 26.8 Å². The maximum absolute atomic E-state index is 6.65. The van der Waals surface area contributed by atoms with Gasteiger partial charge in [-0.2, -0.15) is 0 Å². The molecule has 1 aliphatic heterocycles. The molecule has 3 atom stereocenters. The van der Waals surface area contributed by atoms with E-state index in [0.29, 0.717) is 6.10 Å². The van der Waals surface area contributed by atoms with Crippen LogP contribution in [0.25, 0.3) is 0 Å². The van der Waals surface area contributed by atoms with Gasteiger partial charge in [-0.3, -0.25) is 0 Å². The highest BCUT2D eigenvalue weighted by molar-refractivity contribution is 7.04. The first-order valence-corrected chi connectivity index (χ1v) is 17.3. The SMILES string of the molecule is CC(O[Si](C)(C)C(C)(C)C)[C@H]1C[C@H](C[Si](c2ccccc2)(c2ccccc2)C(C)(C)C)O1. The molecule has 0 aliphatic carbocycles. The van der Waals surface area contributed by atoms with Crippen molar-refractivity contribution in [3.8, 4) is 0 Å². The Hall–Kier alpha value is -1.21. The van der Waals surface area contributed by atoms with Crippen molar-refractivity contribution in [1.82, 2.24) is 0 Å². The van der Waals surface area contributed by atoms with E-state index in [9.17, 15) is 0 Å². The highest BCUT2D eigenvalue weighted by Gasteiger charge is 2.52. The molecule has 32 heavy (non-hydrogen) atoms. The van der Waals surface area contributed by atoms with Crippen molar-refractivity contribution in [2.24, 2.45) is 0 Å². The molecule has 0 spiro atoms. The largest absolute Gasteiger partial charge is 0.412 e. The third kappa shape index (κ3) is 4.99. The van der Waals surface area contributed by atoms with Crippen LogP contribution in [0.2, 0.25) is 29.2 Å². The van der Waals surface area contributed by atoms with Crippen molar-refractivity contribution in [3.63, 3.8) is 0 Å². The number of ether oxygens (including phenoxy) is 1. The Morgan fingerprint density at radius 1 is 0.844 bits per heavy atom. The van der Waals surface area contributed by atoms with E-state index in [4.69, 9.17) is 9.16 Å². The van der Waals surface area contributed by atoms with Gasteiger partial charge in [0, 0.05) is 6.42 Å². The summed E-state index contributed by atoms with van der Waals surface area (Å²) in [5, 5.41) is 3.42. The normalized spacial score (nSPS) is 21.2. The fourth-order valence-electron chi connectivity index (χ4n) is 5.01. The van der Waals surface area contributed by atoms with Gasteiger partial charge in [0.15, 0.2) is 8.32 Å². The van der Waals surface area contributed by atoms with Crippen LogP contribution in [-0.2, 0) is 9.16 Å². The summed E-state index contributed by atoms with van der Waals surface area (Å²) >= 11 is 0. The van der Waals surface area contributed by atoms with Crippen molar-refractivity contribution in [3.05, 3.63) is 60.7 Å². The lowest BCUT2D eigenvalue weighted by Gasteiger charge is -2.50. The van der Waals surface area contributed by atoms with Crippen LogP contribution in [0.5, 0.6) is 0 Å². The van der Waals surface area contributed by atoms with E-state index < -0.39 is 16.4 Å². The molecular formula is C28H44O2Si2. The average Bonchev–Trinajstić information content (AvgIpc) is 2.66. The smallest absolute Gasteiger partial charge is 0.192 e. The van der Waals surface area contributed by atoms with Gasteiger partial charge in [0.05, 0.1) is 18.3 Å². The summed E-state index contributed by atoms with van der Waals surface area (Å²) in [6.07, 6.45) is 1.77. The highest BCUT2D eigenvalue weighted by Crippen LogP contribution is 2.44. The Balaban J connectivity index is 1.83. The zero-order valence-electron chi connectivity index (χ0n) is 21.7. The van der Waals surface area contributed by atoms with Crippen LogP contribution in [0.4, 0.5) is 0 Å². The van der Waals surface area contributed by atoms with E-state index >= 15 is 0 Å². The first-order chi connectivity index (χ1) is 14.8. The molecule has 4 heteroatoms. The molecule has 0 radical (unpaired) electrons. The molecule has 2 nitrogen and oxygen atoms in total. The molecule has 0 saturated carbocycles. The van der Waals surface area contributed by atoms with Crippen LogP contribution in [0, 0.1) is 0 Å². The maximum Gasteiger partial charge on any atom is 0.192 e. The number of hydrogen-bond acceptors (Lipinski definition) is 2. The van der Waals surface area contributed by atoms with Gasteiger partial charge in [-0.1, -0.05) is 113 Å². The summed E-state index contributed by atoms with van der Waals surface area (Å²) in [5.74, 6) is 0. The minimum atomic E-state index is -2.08. The van der Waals surface area contributed by atoms with Crippen molar-refractivity contribution < 1.29 is 9.16 Å². The van der Waals surface area contributed by atoms with E-state index in [-0.39, 0.29) is 22.3 Å².